The van der Waals surface area contributed by atoms with Gasteiger partial charge in [0.05, 0.1) is 0 Å². The van der Waals surface area contributed by atoms with Gasteiger partial charge in [0.15, 0.2) is 0 Å². The molecule has 1 aromatic rings. The largest absolute Gasteiger partial charge is 0.339 e. The Morgan fingerprint density at radius 3 is 2.23 bits per heavy atom. The second kappa shape index (κ2) is 7.40. The Balaban J connectivity index is 1.88. The zero-order valence-corrected chi connectivity index (χ0v) is 13.7. The van der Waals surface area contributed by atoms with Crippen molar-refractivity contribution in [3.8, 4) is 0 Å². The van der Waals surface area contributed by atoms with E-state index in [9.17, 15) is 9.59 Å². The lowest BCUT2D eigenvalue weighted by molar-refractivity contribution is -0.132. The number of carbonyl (C=O) groups is 2. The molecule has 0 radical (unpaired) electrons. The van der Waals surface area contributed by atoms with E-state index in [4.69, 9.17) is 0 Å². The Morgan fingerprint density at radius 2 is 1.64 bits per heavy atom. The van der Waals surface area contributed by atoms with Crippen LogP contribution in [0.15, 0.2) is 24.3 Å². The monoisotopic (exact) mass is 303 g/mol. The normalized spacial score (nSPS) is 15.3. The molecule has 0 unspecified atom stereocenters. The van der Waals surface area contributed by atoms with E-state index < -0.39 is 0 Å². The second-order valence-corrected chi connectivity index (χ2v) is 6.04. The summed E-state index contributed by atoms with van der Waals surface area (Å²) in [7, 11) is 3.93. The molecule has 0 aromatic heterocycles. The van der Waals surface area contributed by atoms with E-state index in [1.165, 1.54) is 0 Å². The first-order valence-electron chi connectivity index (χ1n) is 7.76. The summed E-state index contributed by atoms with van der Waals surface area (Å²) in [4.78, 5) is 30.3. The first-order chi connectivity index (χ1) is 10.5. The summed E-state index contributed by atoms with van der Waals surface area (Å²) in [6.45, 7) is 5.20. The first kappa shape index (κ1) is 16.5. The van der Waals surface area contributed by atoms with Crippen LogP contribution in [0.5, 0.6) is 0 Å². The van der Waals surface area contributed by atoms with Crippen molar-refractivity contribution in [1.29, 1.82) is 0 Å². The SMILES string of the molecule is Cc1ccccc1C(=O)N1CCN(C(=O)CCN(C)C)CC1. The number of carbonyl (C=O) groups excluding carboxylic acids is 2. The summed E-state index contributed by atoms with van der Waals surface area (Å²) in [6, 6.07) is 7.65. The molecule has 1 aliphatic heterocycles. The number of nitrogens with zero attached hydrogens (tertiary/aromatic N) is 3. The zero-order valence-electron chi connectivity index (χ0n) is 13.7. The molecule has 1 heterocycles. The highest BCUT2D eigenvalue weighted by molar-refractivity contribution is 5.95. The van der Waals surface area contributed by atoms with Crippen LogP contribution < -0.4 is 0 Å². The quantitative estimate of drug-likeness (QED) is 0.840. The van der Waals surface area contributed by atoms with E-state index in [1.54, 1.807) is 0 Å². The Hall–Kier alpha value is -1.88. The number of piperazine rings is 1. The lowest BCUT2D eigenvalue weighted by Crippen LogP contribution is -2.51. The Kier molecular flexibility index (Phi) is 5.55. The summed E-state index contributed by atoms with van der Waals surface area (Å²) in [5, 5.41) is 0. The molecule has 5 nitrogen and oxygen atoms in total. The van der Waals surface area contributed by atoms with Gasteiger partial charge in [-0.2, -0.15) is 0 Å². The minimum absolute atomic E-state index is 0.0680. The van der Waals surface area contributed by atoms with Gasteiger partial charge in [-0.15, -0.1) is 0 Å². The van der Waals surface area contributed by atoms with E-state index >= 15 is 0 Å². The van der Waals surface area contributed by atoms with Crippen molar-refractivity contribution in [2.75, 3.05) is 46.8 Å². The molecule has 0 bridgehead atoms. The molecule has 5 heteroatoms. The lowest BCUT2D eigenvalue weighted by atomic mass is 10.1. The van der Waals surface area contributed by atoms with E-state index in [-0.39, 0.29) is 11.8 Å². The Morgan fingerprint density at radius 1 is 1.05 bits per heavy atom. The molecule has 2 amide bonds. The van der Waals surface area contributed by atoms with Gasteiger partial charge in [0.25, 0.3) is 5.91 Å². The number of rotatable bonds is 4. The van der Waals surface area contributed by atoms with Crippen LogP contribution in [0.3, 0.4) is 0 Å². The Bertz CT molecular complexity index is 534. The third-order valence-electron chi connectivity index (χ3n) is 4.07. The molecule has 0 spiro atoms. The highest BCUT2D eigenvalue weighted by atomic mass is 16.2. The average molecular weight is 303 g/mol. The Labute approximate surface area is 132 Å². The highest BCUT2D eigenvalue weighted by Crippen LogP contribution is 2.13. The van der Waals surface area contributed by atoms with Gasteiger partial charge in [0.1, 0.15) is 0 Å². The molecule has 0 saturated carbocycles. The number of hydrogen-bond donors (Lipinski definition) is 0. The van der Waals surface area contributed by atoms with Crippen molar-refractivity contribution in [1.82, 2.24) is 14.7 Å². The van der Waals surface area contributed by atoms with Crippen molar-refractivity contribution in [3.63, 3.8) is 0 Å². The molecular formula is C17H25N3O2. The van der Waals surface area contributed by atoms with Crippen molar-refractivity contribution >= 4 is 11.8 Å². The maximum Gasteiger partial charge on any atom is 0.254 e. The van der Waals surface area contributed by atoms with Crippen molar-refractivity contribution < 1.29 is 9.59 Å². The van der Waals surface area contributed by atoms with Gasteiger partial charge in [-0.3, -0.25) is 9.59 Å². The third kappa shape index (κ3) is 4.07. The van der Waals surface area contributed by atoms with Gasteiger partial charge in [-0.05, 0) is 32.6 Å². The highest BCUT2D eigenvalue weighted by Gasteiger charge is 2.25. The molecule has 1 aromatic carbocycles. The van der Waals surface area contributed by atoms with Crippen LogP contribution in [0, 0.1) is 6.92 Å². The number of benzene rings is 1. The molecule has 1 saturated heterocycles. The van der Waals surface area contributed by atoms with E-state index in [2.05, 4.69) is 0 Å². The molecule has 120 valence electrons. The van der Waals surface area contributed by atoms with Crippen molar-refractivity contribution in [3.05, 3.63) is 35.4 Å². The fourth-order valence-corrected chi connectivity index (χ4v) is 2.62. The predicted molar refractivity (Wildman–Crippen MR) is 86.8 cm³/mol. The molecule has 0 aliphatic carbocycles. The van der Waals surface area contributed by atoms with Crippen molar-refractivity contribution in [2.45, 2.75) is 13.3 Å². The number of amides is 2. The maximum atomic E-state index is 12.5. The van der Waals surface area contributed by atoms with Gasteiger partial charge in [-0.1, -0.05) is 18.2 Å². The molecular weight excluding hydrogens is 278 g/mol. The summed E-state index contributed by atoms with van der Waals surface area (Å²) >= 11 is 0. The van der Waals surface area contributed by atoms with Crippen LogP contribution in [0.1, 0.15) is 22.3 Å². The van der Waals surface area contributed by atoms with E-state index in [1.807, 2.05) is 60.0 Å². The molecule has 2 rings (SSSR count). The van der Waals surface area contributed by atoms with Crippen LogP contribution >= 0.6 is 0 Å². The molecule has 1 aliphatic rings. The van der Waals surface area contributed by atoms with Gasteiger partial charge >= 0.3 is 0 Å². The van der Waals surface area contributed by atoms with Crippen LogP contribution in [-0.4, -0.2) is 73.3 Å². The predicted octanol–water partition coefficient (Wildman–Crippen LogP) is 1.23. The zero-order chi connectivity index (χ0) is 16.1. The number of aryl methyl sites for hydroxylation is 1. The smallest absolute Gasteiger partial charge is 0.254 e. The van der Waals surface area contributed by atoms with Gasteiger partial charge in [0.2, 0.25) is 5.91 Å². The van der Waals surface area contributed by atoms with Crippen LogP contribution in [0.4, 0.5) is 0 Å². The van der Waals surface area contributed by atoms with Gasteiger partial charge in [-0.25, -0.2) is 0 Å². The van der Waals surface area contributed by atoms with E-state index in [0.717, 1.165) is 17.7 Å². The average Bonchev–Trinajstić information content (AvgIpc) is 2.52. The third-order valence-corrected chi connectivity index (χ3v) is 4.07. The van der Waals surface area contributed by atoms with Crippen LogP contribution in [0.25, 0.3) is 0 Å². The topological polar surface area (TPSA) is 43.9 Å². The van der Waals surface area contributed by atoms with E-state index in [0.29, 0.717) is 32.6 Å². The van der Waals surface area contributed by atoms with Gasteiger partial charge in [0, 0.05) is 44.7 Å². The van der Waals surface area contributed by atoms with Crippen LogP contribution in [0.2, 0.25) is 0 Å². The summed E-state index contributed by atoms with van der Waals surface area (Å²) < 4.78 is 0. The molecule has 22 heavy (non-hydrogen) atoms. The standard InChI is InChI=1S/C17H25N3O2/c1-14-6-4-5-7-15(14)17(22)20-12-10-19(11-13-20)16(21)8-9-18(2)3/h4-7H,8-13H2,1-3H3. The maximum absolute atomic E-state index is 12.5. The van der Waals surface area contributed by atoms with Crippen molar-refractivity contribution in [2.24, 2.45) is 0 Å². The minimum Gasteiger partial charge on any atom is -0.339 e. The lowest BCUT2D eigenvalue weighted by Gasteiger charge is -2.35. The van der Waals surface area contributed by atoms with Gasteiger partial charge < -0.3 is 14.7 Å². The minimum atomic E-state index is 0.0680. The second-order valence-electron chi connectivity index (χ2n) is 6.04. The first-order valence-corrected chi connectivity index (χ1v) is 7.76. The molecule has 0 atom stereocenters. The molecule has 0 N–H and O–H groups in total. The summed E-state index contributed by atoms with van der Waals surface area (Å²) in [5.41, 5.74) is 1.76. The summed E-state index contributed by atoms with van der Waals surface area (Å²) in [6.07, 6.45) is 0.540. The fourth-order valence-electron chi connectivity index (χ4n) is 2.62. The summed E-state index contributed by atoms with van der Waals surface area (Å²) in [5.74, 6) is 0.246. The number of hydrogen-bond acceptors (Lipinski definition) is 3. The fraction of sp³-hybridized carbons (Fsp3) is 0.529. The van der Waals surface area contributed by atoms with Crippen LogP contribution in [-0.2, 0) is 4.79 Å². The molecule has 1 fully saturated rings.